The molecule has 0 atom stereocenters. The van der Waals surface area contributed by atoms with E-state index in [4.69, 9.17) is 0 Å². The standard InChI is InChI=1S/C17H19N7O/c1-10(12-3-2-11-4-6-18-7-5-13(11)8-12)22-24-17-20-15-14(9-19-23-15)16(25)21-17/h2-3,8-9,18H,4-7H2,1H3,(H3,19,20,21,23,24,25)/b22-10+. The number of H-pyrrole nitrogens is 2. The highest BCUT2D eigenvalue weighted by Crippen LogP contribution is 2.16. The van der Waals surface area contributed by atoms with Crippen molar-refractivity contribution >= 4 is 22.7 Å². The van der Waals surface area contributed by atoms with Gasteiger partial charge in [-0.05, 0) is 55.6 Å². The van der Waals surface area contributed by atoms with E-state index in [1.54, 1.807) is 0 Å². The number of fused-ring (bicyclic) bond motifs is 2. The molecule has 0 radical (unpaired) electrons. The fourth-order valence-corrected chi connectivity index (χ4v) is 3.00. The molecule has 1 aromatic carbocycles. The van der Waals surface area contributed by atoms with Gasteiger partial charge in [0.05, 0.1) is 11.9 Å². The van der Waals surface area contributed by atoms with Gasteiger partial charge in [-0.3, -0.25) is 14.9 Å². The number of hydrogen-bond acceptors (Lipinski definition) is 6. The van der Waals surface area contributed by atoms with Crippen LogP contribution < -0.4 is 16.3 Å². The lowest BCUT2D eigenvalue weighted by atomic mass is 9.98. The Hall–Kier alpha value is -3.00. The summed E-state index contributed by atoms with van der Waals surface area (Å²) in [5, 5.41) is 14.7. The van der Waals surface area contributed by atoms with Gasteiger partial charge >= 0.3 is 0 Å². The molecule has 3 heterocycles. The Labute approximate surface area is 143 Å². The Morgan fingerprint density at radius 1 is 1.24 bits per heavy atom. The number of rotatable bonds is 3. The van der Waals surface area contributed by atoms with E-state index in [1.807, 2.05) is 6.92 Å². The Morgan fingerprint density at radius 3 is 2.96 bits per heavy atom. The van der Waals surface area contributed by atoms with E-state index in [0.29, 0.717) is 11.0 Å². The topological polar surface area (TPSA) is 111 Å². The predicted octanol–water partition coefficient (Wildman–Crippen LogP) is 1.17. The Morgan fingerprint density at radius 2 is 2.08 bits per heavy atom. The smallest absolute Gasteiger partial charge is 0.263 e. The second-order valence-electron chi connectivity index (χ2n) is 6.09. The largest absolute Gasteiger partial charge is 0.316 e. The minimum absolute atomic E-state index is 0.258. The number of aromatic amines is 2. The molecule has 1 aliphatic rings. The molecule has 128 valence electrons. The summed E-state index contributed by atoms with van der Waals surface area (Å²) >= 11 is 0. The molecule has 0 unspecified atom stereocenters. The zero-order valence-electron chi connectivity index (χ0n) is 13.9. The summed E-state index contributed by atoms with van der Waals surface area (Å²) in [4.78, 5) is 18.8. The zero-order chi connectivity index (χ0) is 17.2. The minimum Gasteiger partial charge on any atom is -0.316 e. The summed E-state index contributed by atoms with van der Waals surface area (Å²) in [5.41, 5.74) is 7.63. The molecule has 25 heavy (non-hydrogen) atoms. The van der Waals surface area contributed by atoms with Gasteiger partial charge in [0.15, 0.2) is 5.65 Å². The molecule has 8 nitrogen and oxygen atoms in total. The van der Waals surface area contributed by atoms with Crippen molar-refractivity contribution < 1.29 is 0 Å². The average Bonchev–Trinajstić information content (AvgIpc) is 2.97. The van der Waals surface area contributed by atoms with Gasteiger partial charge in [-0.1, -0.05) is 12.1 Å². The summed E-state index contributed by atoms with van der Waals surface area (Å²) in [6, 6.07) is 6.45. The molecule has 0 amide bonds. The number of nitrogens with zero attached hydrogens (tertiary/aromatic N) is 3. The molecule has 0 fully saturated rings. The number of anilines is 1. The van der Waals surface area contributed by atoms with Crippen molar-refractivity contribution in [3.05, 3.63) is 51.4 Å². The quantitative estimate of drug-likeness (QED) is 0.423. The third kappa shape index (κ3) is 3.16. The van der Waals surface area contributed by atoms with Gasteiger partial charge in [-0.25, -0.2) is 5.43 Å². The van der Waals surface area contributed by atoms with E-state index in [1.165, 1.54) is 17.3 Å². The Kier molecular flexibility index (Phi) is 4.02. The van der Waals surface area contributed by atoms with Crippen molar-refractivity contribution in [2.24, 2.45) is 5.10 Å². The zero-order valence-corrected chi connectivity index (χ0v) is 13.9. The molecular weight excluding hydrogens is 318 g/mol. The molecule has 0 saturated carbocycles. The third-order valence-electron chi connectivity index (χ3n) is 4.42. The van der Waals surface area contributed by atoms with Crippen LogP contribution in [0.3, 0.4) is 0 Å². The van der Waals surface area contributed by atoms with Crippen LogP contribution in [0, 0.1) is 0 Å². The second kappa shape index (κ2) is 6.48. The summed E-state index contributed by atoms with van der Waals surface area (Å²) in [5.74, 6) is 0.278. The molecule has 4 rings (SSSR count). The molecule has 0 spiro atoms. The molecule has 0 bridgehead atoms. The van der Waals surface area contributed by atoms with Crippen LogP contribution >= 0.6 is 0 Å². The fraction of sp³-hybridized carbons (Fsp3) is 0.294. The fourth-order valence-electron chi connectivity index (χ4n) is 3.00. The lowest BCUT2D eigenvalue weighted by molar-refractivity contribution is 0.711. The van der Waals surface area contributed by atoms with Gasteiger partial charge in [-0.15, -0.1) is 0 Å². The molecule has 4 N–H and O–H groups in total. The predicted molar refractivity (Wildman–Crippen MR) is 97.1 cm³/mol. The van der Waals surface area contributed by atoms with E-state index < -0.39 is 0 Å². The van der Waals surface area contributed by atoms with Crippen molar-refractivity contribution in [1.29, 1.82) is 0 Å². The van der Waals surface area contributed by atoms with Crippen LogP contribution in [0.15, 0.2) is 34.3 Å². The highest BCUT2D eigenvalue weighted by atomic mass is 16.1. The first-order valence-corrected chi connectivity index (χ1v) is 8.27. The Bertz CT molecular complexity index is 1000. The number of hydrazone groups is 1. The van der Waals surface area contributed by atoms with E-state index >= 15 is 0 Å². The summed E-state index contributed by atoms with van der Waals surface area (Å²) < 4.78 is 0. The monoisotopic (exact) mass is 337 g/mol. The van der Waals surface area contributed by atoms with Crippen molar-refractivity contribution in [1.82, 2.24) is 25.5 Å². The summed E-state index contributed by atoms with van der Waals surface area (Å²) in [6.07, 6.45) is 3.53. The number of benzene rings is 1. The first-order valence-electron chi connectivity index (χ1n) is 8.27. The van der Waals surface area contributed by atoms with Crippen molar-refractivity contribution in [3.8, 4) is 0 Å². The van der Waals surface area contributed by atoms with Crippen molar-refractivity contribution in [2.45, 2.75) is 19.8 Å². The second-order valence-corrected chi connectivity index (χ2v) is 6.09. The molecular formula is C17H19N7O. The first kappa shape index (κ1) is 15.5. The molecule has 2 aromatic heterocycles. The van der Waals surface area contributed by atoms with Crippen LogP contribution in [0.2, 0.25) is 0 Å². The first-order chi connectivity index (χ1) is 12.2. The van der Waals surface area contributed by atoms with Crippen LogP contribution in [-0.4, -0.2) is 39.0 Å². The molecule has 1 aliphatic heterocycles. The van der Waals surface area contributed by atoms with Crippen molar-refractivity contribution in [3.63, 3.8) is 0 Å². The van der Waals surface area contributed by atoms with Gasteiger partial charge in [0, 0.05) is 0 Å². The summed E-state index contributed by atoms with van der Waals surface area (Å²) in [7, 11) is 0. The minimum atomic E-state index is -0.258. The van der Waals surface area contributed by atoms with Crippen LogP contribution in [0.5, 0.6) is 0 Å². The maximum absolute atomic E-state index is 11.9. The van der Waals surface area contributed by atoms with Gasteiger partial charge in [-0.2, -0.15) is 15.2 Å². The molecule has 0 saturated heterocycles. The average molecular weight is 337 g/mol. The maximum Gasteiger partial charge on any atom is 0.263 e. The van der Waals surface area contributed by atoms with Crippen LogP contribution in [0.4, 0.5) is 5.95 Å². The molecule has 8 heteroatoms. The van der Waals surface area contributed by atoms with Crippen molar-refractivity contribution in [2.75, 3.05) is 18.5 Å². The van der Waals surface area contributed by atoms with Crippen LogP contribution in [-0.2, 0) is 12.8 Å². The Balaban J connectivity index is 1.58. The summed E-state index contributed by atoms with van der Waals surface area (Å²) in [6.45, 7) is 3.95. The van der Waals surface area contributed by atoms with Gasteiger partial charge < -0.3 is 5.32 Å². The number of nitrogens with one attached hydrogen (secondary N) is 4. The van der Waals surface area contributed by atoms with Crippen LogP contribution in [0.1, 0.15) is 23.6 Å². The number of hydrogen-bond donors (Lipinski definition) is 4. The van der Waals surface area contributed by atoms with Crippen LogP contribution in [0.25, 0.3) is 11.0 Å². The highest BCUT2D eigenvalue weighted by Gasteiger charge is 2.09. The SMILES string of the molecule is C/C(=N\Nc1nc2[nH]ncc2c(=O)[nH]1)c1ccc2c(c1)CCNCC2. The van der Waals surface area contributed by atoms with E-state index in [2.05, 4.69) is 54.2 Å². The lowest BCUT2D eigenvalue weighted by Gasteiger charge is -2.08. The van der Waals surface area contributed by atoms with Gasteiger partial charge in [0.25, 0.3) is 5.56 Å². The van der Waals surface area contributed by atoms with E-state index in [9.17, 15) is 4.79 Å². The maximum atomic E-state index is 11.9. The van der Waals surface area contributed by atoms with Gasteiger partial charge in [0.2, 0.25) is 5.95 Å². The highest BCUT2D eigenvalue weighted by molar-refractivity contribution is 5.99. The lowest BCUT2D eigenvalue weighted by Crippen LogP contribution is -2.16. The van der Waals surface area contributed by atoms with Gasteiger partial charge in [0.1, 0.15) is 5.39 Å². The normalized spacial score (nSPS) is 15.0. The third-order valence-corrected chi connectivity index (χ3v) is 4.42. The van der Waals surface area contributed by atoms with E-state index in [-0.39, 0.29) is 11.5 Å². The molecule has 3 aromatic rings. The molecule has 0 aliphatic carbocycles. The number of aromatic nitrogens is 4. The van der Waals surface area contributed by atoms with E-state index in [0.717, 1.165) is 37.2 Å².